The van der Waals surface area contributed by atoms with E-state index in [0.29, 0.717) is 19.6 Å². The average molecular weight is 279 g/mol. The van der Waals surface area contributed by atoms with Crippen LogP contribution in [0.5, 0.6) is 0 Å². The van der Waals surface area contributed by atoms with Crippen molar-refractivity contribution in [3.63, 3.8) is 0 Å². The molecule has 1 atom stereocenters. The van der Waals surface area contributed by atoms with Crippen LogP contribution < -0.4 is 10.6 Å². The van der Waals surface area contributed by atoms with E-state index in [-0.39, 0.29) is 24.8 Å². The van der Waals surface area contributed by atoms with E-state index in [0.717, 1.165) is 0 Å². The molecule has 0 aromatic rings. The molecule has 1 fully saturated rings. The lowest BCUT2D eigenvalue weighted by Gasteiger charge is -2.35. The molecule has 1 saturated heterocycles. The predicted molar refractivity (Wildman–Crippen MR) is 63.9 cm³/mol. The highest BCUT2D eigenvalue weighted by Gasteiger charge is 2.30. The van der Waals surface area contributed by atoms with Crippen molar-refractivity contribution in [2.24, 2.45) is 0 Å². The lowest BCUT2D eigenvalue weighted by Crippen LogP contribution is -2.59. The van der Waals surface area contributed by atoms with E-state index < -0.39 is 19.1 Å². The molecule has 1 aliphatic rings. The van der Waals surface area contributed by atoms with E-state index in [1.165, 1.54) is 11.9 Å². The topological polar surface area (TPSA) is 70.7 Å². The van der Waals surface area contributed by atoms with Gasteiger partial charge in [0.1, 0.15) is 12.6 Å². The molecule has 1 aliphatic heterocycles. The maximum Gasteiger partial charge on any atom is 0.261 e. The van der Waals surface area contributed by atoms with Crippen LogP contribution in [-0.2, 0) is 14.3 Å². The summed E-state index contributed by atoms with van der Waals surface area (Å²) in [6, 6.07) is -0.554. The number of halogens is 2. The molecule has 2 amide bonds. The number of nitrogens with zero attached hydrogens (tertiary/aromatic N) is 1. The summed E-state index contributed by atoms with van der Waals surface area (Å²) in [5.41, 5.74) is 0. The van der Waals surface area contributed by atoms with Gasteiger partial charge in [0.2, 0.25) is 11.8 Å². The number of nitrogens with one attached hydrogen (secondary N) is 2. The lowest BCUT2D eigenvalue weighted by molar-refractivity contribution is -0.142. The monoisotopic (exact) mass is 279 g/mol. The fraction of sp³-hybridized carbons (Fsp3) is 0.818. The van der Waals surface area contributed by atoms with Gasteiger partial charge < -0.3 is 20.3 Å². The summed E-state index contributed by atoms with van der Waals surface area (Å²) in [4.78, 5) is 25.0. The van der Waals surface area contributed by atoms with Gasteiger partial charge in [-0.2, -0.15) is 0 Å². The number of alkyl halides is 2. The van der Waals surface area contributed by atoms with Gasteiger partial charge in [0.05, 0.1) is 13.0 Å². The molecular formula is C11H19F2N3O3. The van der Waals surface area contributed by atoms with Gasteiger partial charge in [-0.1, -0.05) is 0 Å². The number of carbonyl (C=O) groups is 2. The van der Waals surface area contributed by atoms with Crippen molar-refractivity contribution < 1.29 is 23.1 Å². The fourth-order valence-electron chi connectivity index (χ4n) is 1.88. The maximum atomic E-state index is 11.9. The largest absolute Gasteiger partial charge is 0.375 e. The Bertz CT molecular complexity index is 316. The highest BCUT2D eigenvalue weighted by Crippen LogP contribution is 2.06. The Morgan fingerprint density at radius 1 is 1.53 bits per heavy atom. The van der Waals surface area contributed by atoms with Crippen molar-refractivity contribution in [1.82, 2.24) is 15.5 Å². The lowest BCUT2D eigenvalue weighted by atomic mass is 10.1. The van der Waals surface area contributed by atoms with Gasteiger partial charge in [-0.25, -0.2) is 8.78 Å². The molecule has 110 valence electrons. The molecule has 6 nitrogen and oxygen atoms in total. The molecule has 0 spiro atoms. The first kappa shape index (κ1) is 15.8. The summed E-state index contributed by atoms with van der Waals surface area (Å²) in [7, 11) is 1.51. The van der Waals surface area contributed by atoms with Crippen molar-refractivity contribution in [2.45, 2.75) is 18.9 Å². The molecule has 0 aromatic carbocycles. The van der Waals surface area contributed by atoms with Gasteiger partial charge in [-0.3, -0.25) is 9.59 Å². The second-order valence-electron chi connectivity index (χ2n) is 4.14. The Hall–Kier alpha value is -1.28. The van der Waals surface area contributed by atoms with Crippen LogP contribution in [0.15, 0.2) is 0 Å². The zero-order valence-electron chi connectivity index (χ0n) is 10.8. The van der Waals surface area contributed by atoms with Crippen molar-refractivity contribution in [2.75, 3.05) is 39.9 Å². The number of ether oxygens (including phenoxy) is 1. The number of likely N-dealkylation sites (N-methyl/N-ethyl adjacent to an activating group) is 1. The summed E-state index contributed by atoms with van der Waals surface area (Å²) in [5.74, 6) is -0.501. The van der Waals surface area contributed by atoms with Crippen LogP contribution in [0.1, 0.15) is 6.42 Å². The first-order chi connectivity index (χ1) is 9.06. The fourth-order valence-corrected chi connectivity index (χ4v) is 1.88. The second-order valence-corrected chi connectivity index (χ2v) is 4.14. The van der Waals surface area contributed by atoms with Crippen LogP contribution in [0.3, 0.4) is 0 Å². The van der Waals surface area contributed by atoms with Crippen LogP contribution in [0.25, 0.3) is 0 Å². The van der Waals surface area contributed by atoms with Gasteiger partial charge >= 0.3 is 0 Å². The Kier molecular flexibility index (Phi) is 6.65. The van der Waals surface area contributed by atoms with E-state index in [1.54, 1.807) is 0 Å². The van der Waals surface area contributed by atoms with Gasteiger partial charge in [0, 0.05) is 26.7 Å². The third-order valence-corrected chi connectivity index (χ3v) is 2.82. The molecule has 8 heteroatoms. The number of amides is 2. The number of rotatable bonds is 6. The number of hydrogen-bond donors (Lipinski definition) is 2. The van der Waals surface area contributed by atoms with E-state index in [1.807, 2.05) is 0 Å². The number of piperazine rings is 1. The van der Waals surface area contributed by atoms with Crippen molar-refractivity contribution in [3.8, 4) is 0 Å². The van der Waals surface area contributed by atoms with Crippen molar-refractivity contribution in [3.05, 3.63) is 0 Å². The Morgan fingerprint density at radius 2 is 2.26 bits per heavy atom. The molecule has 0 bridgehead atoms. The van der Waals surface area contributed by atoms with Crippen molar-refractivity contribution >= 4 is 11.8 Å². The molecular weight excluding hydrogens is 260 g/mol. The Labute approximate surface area is 110 Å². The maximum absolute atomic E-state index is 11.9. The van der Waals surface area contributed by atoms with Gasteiger partial charge in [-0.15, -0.1) is 0 Å². The quantitative estimate of drug-likeness (QED) is 0.625. The third kappa shape index (κ3) is 5.07. The van der Waals surface area contributed by atoms with E-state index >= 15 is 0 Å². The SMILES string of the molecule is CNC(=O)C1CNCCN1C(=O)CCOCC(F)F. The van der Waals surface area contributed by atoms with Crippen LogP contribution in [-0.4, -0.2) is 69.1 Å². The smallest absolute Gasteiger partial charge is 0.261 e. The van der Waals surface area contributed by atoms with Crippen LogP contribution in [0.4, 0.5) is 8.78 Å². The standard InChI is InChI=1S/C11H19F2N3O3/c1-14-11(18)8-6-15-3-4-16(8)10(17)2-5-19-7-9(12)13/h8-9,15H,2-7H2,1H3,(H,14,18). The summed E-state index contributed by atoms with van der Waals surface area (Å²) in [6.45, 7) is 0.688. The summed E-state index contributed by atoms with van der Waals surface area (Å²) in [6.07, 6.45) is -2.53. The summed E-state index contributed by atoms with van der Waals surface area (Å²) >= 11 is 0. The predicted octanol–water partition coefficient (Wildman–Crippen LogP) is -0.795. The van der Waals surface area contributed by atoms with Crippen LogP contribution in [0.2, 0.25) is 0 Å². The first-order valence-electron chi connectivity index (χ1n) is 6.14. The Morgan fingerprint density at radius 3 is 2.89 bits per heavy atom. The van der Waals surface area contributed by atoms with Gasteiger partial charge in [0.15, 0.2) is 0 Å². The molecule has 0 radical (unpaired) electrons. The minimum atomic E-state index is -2.53. The minimum Gasteiger partial charge on any atom is -0.375 e. The molecule has 0 saturated carbocycles. The zero-order chi connectivity index (χ0) is 14.3. The van der Waals surface area contributed by atoms with Crippen LogP contribution >= 0.6 is 0 Å². The molecule has 0 aromatic heterocycles. The number of carbonyl (C=O) groups excluding carboxylic acids is 2. The molecule has 0 aliphatic carbocycles. The first-order valence-corrected chi connectivity index (χ1v) is 6.14. The minimum absolute atomic E-state index is 0.000213. The van der Waals surface area contributed by atoms with Gasteiger partial charge in [0.25, 0.3) is 6.43 Å². The molecule has 1 heterocycles. The van der Waals surface area contributed by atoms with Crippen molar-refractivity contribution in [1.29, 1.82) is 0 Å². The molecule has 19 heavy (non-hydrogen) atoms. The molecule has 2 N–H and O–H groups in total. The zero-order valence-corrected chi connectivity index (χ0v) is 10.8. The highest BCUT2D eigenvalue weighted by atomic mass is 19.3. The molecule has 1 unspecified atom stereocenters. The van der Waals surface area contributed by atoms with E-state index in [9.17, 15) is 18.4 Å². The average Bonchev–Trinajstić information content (AvgIpc) is 2.42. The molecule has 1 rings (SSSR count). The summed E-state index contributed by atoms with van der Waals surface area (Å²) < 4.78 is 28.4. The van der Waals surface area contributed by atoms with E-state index in [2.05, 4.69) is 15.4 Å². The summed E-state index contributed by atoms with van der Waals surface area (Å²) in [5, 5.41) is 5.53. The number of hydrogen-bond acceptors (Lipinski definition) is 4. The van der Waals surface area contributed by atoms with Gasteiger partial charge in [-0.05, 0) is 0 Å². The third-order valence-electron chi connectivity index (χ3n) is 2.82. The van der Waals surface area contributed by atoms with E-state index in [4.69, 9.17) is 0 Å². The normalized spacial score (nSPS) is 19.6. The second kappa shape index (κ2) is 8.00. The Balaban J connectivity index is 2.41. The van der Waals surface area contributed by atoms with Crippen LogP contribution in [0, 0.1) is 0 Å². The highest BCUT2D eigenvalue weighted by molar-refractivity contribution is 5.88.